The van der Waals surface area contributed by atoms with Crippen LogP contribution in [0.25, 0.3) is 11.3 Å². The van der Waals surface area contributed by atoms with Gasteiger partial charge in [0.2, 0.25) is 5.95 Å². The van der Waals surface area contributed by atoms with Crippen molar-refractivity contribution in [2.24, 2.45) is 5.10 Å². The maximum absolute atomic E-state index is 12.3. The summed E-state index contributed by atoms with van der Waals surface area (Å²) in [6.45, 7) is 2.66. The number of hydrogen-bond donors (Lipinski definition) is 2. The minimum Gasteiger partial charge on any atom is -0.493 e. The molecule has 152 valence electrons. The topological polar surface area (TPSA) is 103 Å². The highest BCUT2D eigenvalue weighted by atomic mass is 35.5. The molecule has 7 nitrogen and oxygen atoms in total. The molecule has 0 radical (unpaired) electrons. The number of rotatable bonds is 8. The number of nitriles is 1. The Bertz CT molecular complexity index is 1140. The number of aromatic amines is 1. The molecule has 0 aliphatic carbocycles. The first-order valence-electron chi connectivity index (χ1n) is 9.36. The van der Waals surface area contributed by atoms with Gasteiger partial charge in [-0.15, -0.1) is 11.6 Å². The Morgan fingerprint density at radius 3 is 2.80 bits per heavy atom. The maximum Gasteiger partial charge on any atom is 0.270 e. The molecule has 2 aromatic carbocycles. The fourth-order valence-electron chi connectivity index (χ4n) is 2.74. The lowest BCUT2D eigenvalue weighted by atomic mass is 10.1. The van der Waals surface area contributed by atoms with Gasteiger partial charge in [0, 0.05) is 11.1 Å². The average molecular weight is 422 g/mol. The normalized spacial score (nSPS) is 10.7. The molecule has 0 spiro atoms. The number of nitrogens with zero attached hydrogens (tertiary/aromatic N) is 3. The molecule has 2 N–H and O–H groups in total. The summed E-state index contributed by atoms with van der Waals surface area (Å²) in [5, 5.41) is 13.5. The van der Waals surface area contributed by atoms with E-state index in [2.05, 4.69) is 20.5 Å². The third kappa shape index (κ3) is 5.04. The zero-order valence-corrected chi connectivity index (χ0v) is 17.1. The summed E-state index contributed by atoms with van der Waals surface area (Å²) in [5.74, 6) is 1.20. The van der Waals surface area contributed by atoms with Crippen LogP contribution in [0.15, 0.2) is 58.4 Å². The van der Waals surface area contributed by atoms with Crippen molar-refractivity contribution in [1.29, 1.82) is 5.26 Å². The number of H-pyrrole nitrogens is 1. The minimum absolute atomic E-state index is 0.0508. The number of benzene rings is 2. The first kappa shape index (κ1) is 21.1. The smallest absolute Gasteiger partial charge is 0.270 e. The van der Waals surface area contributed by atoms with E-state index in [1.165, 1.54) is 0 Å². The standard InChI is InChI=1S/C22H20ClN5O2/c1-2-10-30-19-9-8-15(11-17(19)12-23)14-25-28-22-26-20(16-6-4-3-5-7-16)18(13-24)21(29)27-22/h3-9,11,14H,2,10,12H2,1H3,(H2,26,27,28,29). The van der Waals surface area contributed by atoms with Crippen LogP contribution in [0, 0.1) is 11.3 Å². The third-order valence-electron chi connectivity index (χ3n) is 4.15. The van der Waals surface area contributed by atoms with E-state index in [0.717, 1.165) is 23.3 Å². The van der Waals surface area contributed by atoms with Crippen molar-refractivity contribution < 1.29 is 4.74 Å². The number of nitrogens with one attached hydrogen (secondary N) is 2. The van der Waals surface area contributed by atoms with Crippen molar-refractivity contribution in [1.82, 2.24) is 9.97 Å². The summed E-state index contributed by atoms with van der Waals surface area (Å²) < 4.78 is 5.68. The summed E-state index contributed by atoms with van der Waals surface area (Å²) in [7, 11) is 0. The molecule has 0 amide bonds. The van der Waals surface area contributed by atoms with Crippen LogP contribution >= 0.6 is 11.6 Å². The quantitative estimate of drug-likeness (QED) is 0.321. The summed E-state index contributed by atoms with van der Waals surface area (Å²) >= 11 is 6.02. The van der Waals surface area contributed by atoms with E-state index in [9.17, 15) is 10.1 Å². The molecular formula is C22H20ClN5O2. The molecule has 0 saturated heterocycles. The fraction of sp³-hybridized carbons (Fsp3) is 0.182. The van der Waals surface area contributed by atoms with Gasteiger partial charge in [-0.1, -0.05) is 37.3 Å². The van der Waals surface area contributed by atoms with Gasteiger partial charge in [-0.2, -0.15) is 10.4 Å². The molecule has 0 fully saturated rings. The Hall–Kier alpha value is -3.63. The molecule has 1 heterocycles. The summed E-state index contributed by atoms with van der Waals surface area (Å²) in [5.41, 5.74) is 4.76. The Kier molecular flexibility index (Phi) is 7.19. The van der Waals surface area contributed by atoms with E-state index >= 15 is 0 Å². The Morgan fingerprint density at radius 2 is 2.10 bits per heavy atom. The summed E-state index contributed by atoms with van der Waals surface area (Å²) in [4.78, 5) is 19.1. The van der Waals surface area contributed by atoms with Gasteiger partial charge in [-0.05, 0) is 30.2 Å². The molecule has 1 aromatic heterocycles. The first-order valence-corrected chi connectivity index (χ1v) is 9.90. The van der Waals surface area contributed by atoms with Crippen molar-refractivity contribution in [3.05, 3.63) is 75.6 Å². The van der Waals surface area contributed by atoms with Crippen molar-refractivity contribution >= 4 is 23.8 Å². The number of anilines is 1. The van der Waals surface area contributed by atoms with Crippen LogP contribution in [0.4, 0.5) is 5.95 Å². The third-order valence-corrected chi connectivity index (χ3v) is 4.44. The predicted molar refractivity (Wildman–Crippen MR) is 118 cm³/mol. The zero-order chi connectivity index (χ0) is 21.3. The lowest BCUT2D eigenvalue weighted by Gasteiger charge is -2.09. The van der Waals surface area contributed by atoms with Gasteiger partial charge in [0.05, 0.1) is 24.4 Å². The zero-order valence-electron chi connectivity index (χ0n) is 16.4. The summed E-state index contributed by atoms with van der Waals surface area (Å²) in [6.07, 6.45) is 2.50. The number of aromatic nitrogens is 2. The van der Waals surface area contributed by atoms with Crippen molar-refractivity contribution in [3.8, 4) is 23.1 Å². The van der Waals surface area contributed by atoms with Crippen LogP contribution < -0.4 is 15.7 Å². The summed E-state index contributed by atoms with van der Waals surface area (Å²) in [6, 6.07) is 16.5. The molecule has 8 heteroatoms. The number of halogens is 1. The predicted octanol–water partition coefficient (Wildman–Crippen LogP) is 4.28. The van der Waals surface area contributed by atoms with Gasteiger partial charge < -0.3 is 4.74 Å². The van der Waals surface area contributed by atoms with Gasteiger partial charge in [0.1, 0.15) is 17.4 Å². The van der Waals surface area contributed by atoms with Gasteiger partial charge in [-0.3, -0.25) is 9.78 Å². The lowest BCUT2D eigenvalue weighted by molar-refractivity contribution is 0.315. The highest BCUT2D eigenvalue weighted by molar-refractivity contribution is 6.17. The second-order valence-corrected chi connectivity index (χ2v) is 6.60. The SMILES string of the molecule is CCCOc1ccc(C=NNc2nc(-c3ccccc3)c(C#N)c(=O)[nH]2)cc1CCl. The van der Waals surface area contributed by atoms with Crippen LogP contribution in [-0.2, 0) is 5.88 Å². The van der Waals surface area contributed by atoms with Crippen LogP contribution in [0.5, 0.6) is 5.75 Å². The molecule has 0 aliphatic rings. The fourth-order valence-corrected chi connectivity index (χ4v) is 2.95. The van der Waals surface area contributed by atoms with E-state index < -0.39 is 5.56 Å². The Balaban J connectivity index is 1.82. The van der Waals surface area contributed by atoms with E-state index in [-0.39, 0.29) is 11.5 Å². The molecule has 0 atom stereocenters. The second kappa shape index (κ2) is 10.2. The van der Waals surface area contributed by atoms with Crippen LogP contribution in [-0.4, -0.2) is 22.8 Å². The average Bonchev–Trinajstić information content (AvgIpc) is 2.78. The van der Waals surface area contributed by atoms with Crippen LogP contribution in [0.2, 0.25) is 0 Å². The first-order chi connectivity index (χ1) is 14.7. The van der Waals surface area contributed by atoms with Crippen LogP contribution in [0.1, 0.15) is 30.0 Å². The molecular weight excluding hydrogens is 402 g/mol. The molecule has 3 aromatic rings. The van der Waals surface area contributed by atoms with Gasteiger partial charge in [0.25, 0.3) is 5.56 Å². The largest absolute Gasteiger partial charge is 0.493 e. The van der Waals surface area contributed by atoms with Crippen molar-refractivity contribution in [2.75, 3.05) is 12.0 Å². The number of ether oxygens (including phenoxy) is 1. The van der Waals surface area contributed by atoms with Crippen LogP contribution in [0.3, 0.4) is 0 Å². The molecule has 0 unspecified atom stereocenters. The highest BCUT2D eigenvalue weighted by Gasteiger charge is 2.12. The van der Waals surface area contributed by atoms with E-state index in [4.69, 9.17) is 16.3 Å². The second-order valence-electron chi connectivity index (χ2n) is 6.34. The molecule has 3 rings (SSSR count). The van der Waals surface area contributed by atoms with E-state index in [0.29, 0.717) is 23.7 Å². The molecule has 30 heavy (non-hydrogen) atoms. The molecule has 0 saturated carbocycles. The lowest BCUT2D eigenvalue weighted by Crippen LogP contribution is -2.16. The van der Waals surface area contributed by atoms with Gasteiger partial charge in [0.15, 0.2) is 0 Å². The Labute approximate surface area is 179 Å². The number of alkyl halides is 1. The van der Waals surface area contributed by atoms with Crippen molar-refractivity contribution in [3.63, 3.8) is 0 Å². The minimum atomic E-state index is -0.536. The van der Waals surface area contributed by atoms with E-state index in [1.807, 2.05) is 49.4 Å². The highest BCUT2D eigenvalue weighted by Crippen LogP contribution is 2.22. The van der Waals surface area contributed by atoms with Gasteiger partial charge in [-0.25, -0.2) is 10.4 Å². The maximum atomic E-state index is 12.3. The van der Waals surface area contributed by atoms with Crippen molar-refractivity contribution in [2.45, 2.75) is 19.2 Å². The van der Waals surface area contributed by atoms with E-state index in [1.54, 1.807) is 18.3 Å². The molecule has 0 bridgehead atoms. The Morgan fingerprint density at radius 1 is 1.30 bits per heavy atom. The number of hydrogen-bond acceptors (Lipinski definition) is 6. The van der Waals surface area contributed by atoms with Gasteiger partial charge >= 0.3 is 0 Å². The number of hydrazone groups is 1. The monoisotopic (exact) mass is 421 g/mol. The molecule has 0 aliphatic heterocycles.